The van der Waals surface area contributed by atoms with Gasteiger partial charge in [-0.2, -0.15) is 0 Å². The minimum Gasteiger partial charge on any atom is -0.369 e. The fourth-order valence-corrected chi connectivity index (χ4v) is 4.21. The van der Waals surface area contributed by atoms with Crippen LogP contribution in [-0.4, -0.2) is 80.6 Å². The second kappa shape index (κ2) is 13.0. The minimum atomic E-state index is -0.156. The van der Waals surface area contributed by atoms with Gasteiger partial charge in [0.2, 0.25) is 5.91 Å². The molecule has 30 heavy (non-hydrogen) atoms. The van der Waals surface area contributed by atoms with Crippen molar-refractivity contribution in [2.24, 2.45) is 16.6 Å². The fourth-order valence-electron chi connectivity index (χ4n) is 4.21. The normalized spacial score (nSPS) is 20.6. The largest absolute Gasteiger partial charge is 0.369 e. The van der Waals surface area contributed by atoms with E-state index in [1.165, 1.54) is 5.69 Å². The van der Waals surface area contributed by atoms with E-state index in [1.54, 1.807) is 0 Å². The Morgan fingerprint density at radius 1 is 1.17 bits per heavy atom. The zero-order chi connectivity index (χ0) is 20.5. The summed E-state index contributed by atoms with van der Waals surface area (Å²) >= 11 is 0. The first-order chi connectivity index (χ1) is 14.2. The number of anilines is 1. The lowest BCUT2D eigenvalue weighted by Crippen LogP contribution is -2.52. The molecule has 8 heteroatoms. The lowest BCUT2D eigenvalue weighted by molar-refractivity contribution is -0.123. The van der Waals surface area contributed by atoms with Gasteiger partial charge in [0.15, 0.2) is 5.96 Å². The van der Waals surface area contributed by atoms with Crippen molar-refractivity contribution in [3.8, 4) is 0 Å². The minimum absolute atomic E-state index is 0. The molecule has 7 nitrogen and oxygen atoms in total. The molecule has 2 heterocycles. The maximum Gasteiger partial charge on any atom is 0.221 e. The first kappa shape index (κ1) is 24.7. The standard InChI is InChI=1S/C22H36N6O.HI/c1-2-24-22(25-11-7-13-26-12-6-8-19(18-26)21(23)29)28-16-14-27(15-17-28)20-9-4-3-5-10-20;/h3-5,9-10,19H,2,6-8,11-18H2,1H3,(H2,23,29)(H,24,25);1H. The van der Waals surface area contributed by atoms with Crippen molar-refractivity contribution in [1.29, 1.82) is 0 Å². The van der Waals surface area contributed by atoms with Crippen LogP contribution in [0.4, 0.5) is 5.69 Å². The highest BCUT2D eigenvalue weighted by Gasteiger charge is 2.23. The van der Waals surface area contributed by atoms with E-state index >= 15 is 0 Å². The molecule has 168 valence electrons. The van der Waals surface area contributed by atoms with Gasteiger partial charge in [-0.1, -0.05) is 18.2 Å². The van der Waals surface area contributed by atoms with Crippen LogP contribution >= 0.6 is 24.0 Å². The van der Waals surface area contributed by atoms with Crippen LogP contribution in [0.5, 0.6) is 0 Å². The number of carbonyl (C=O) groups excluding carboxylic acids is 1. The number of nitrogens with two attached hydrogens (primary N) is 1. The maximum absolute atomic E-state index is 11.4. The number of rotatable bonds is 7. The molecule has 0 aliphatic carbocycles. The van der Waals surface area contributed by atoms with E-state index < -0.39 is 0 Å². The Morgan fingerprint density at radius 3 is 2.57 bits per heavy atom. The molecule has 1 amide bonds. The molecule has 1 aromatic carbocycles. The number of likely N-dealkylation sites (tertiary alicyclic amines) is 1. The van der Waals surface area contributed by atoms with Gasteiger partial charge in [-0.3, -0.25) is 9.79 Å². The third-order valence-corrected chi connectivity index (χ3v) is 5.84. The van der Waals surface area contributed by atoms with Crippen molar-refractivity contribution in [3.63, 3.8) is 0 Å². The SMILES string of the molecule is CCNC(=NCCCN1CCCC(C(N)=O)C1)N1CCN(c2ccccc2)CC1.I. The molecule has 1 unspecified atom stereocenters. The molecule has 1 aromatic rings. The Kier molecular flexibility index (Phi) is 10.7. The van der Waals surface area contributed by atoms with E-state index in [2.05, 4.69) is 57.3 Å². The van der Waals surface area contributed by atoms with Crippen LogP contribution in [0.2, 0.25) is 0 Å². The number of benzene rings is 1. The summed E-state index contributed by atoms with van der Waals surface area (Å²) in [7, 11) is 0. The molecule has 3 rings (SSSR count). The van der Waals surface area contributed by atoms with Crippen LogP contribution in [0.3, 0.4) is 0 Å². The molecule has 2 saturated heterocycles. The number of hydrogen-bond acceptors (Lipinski definition) is 4. The Balaban J connectivity index is 0.00000320. The van der Waals surface area contributed by atoms with Gasteiger partial charge in [0.25, 0.3) is 0 Å². The summed E-state index contributed by atoms with van der Waals surface area (Å²) in [6.45, 7) is 10.6. The van der Waals surface area contributed by atoms with Crippen molar-refractivity contribution in [1.82, 2.24) is 15.1 Å². The van der Waals surface area contributed by atoms with Crippen molar-refractivity contribution in [2.75, 3.05) is 63.8 Å². The Morgan fingerprint density at radius 2 is 1.90 bits per heavy atom. The Hall–Kier alpha value is -1.55. The molecular formula is C22H37IN6O. The van der Waals surface area contributed by atoms with E-state index in [0.717, 1.165) is 84.1 Å². The topological polar surface area (TPSA) is 77.2 Å². The van der Waals surface area contributed by atoms with Gasteiger partial charge in [0, 0.05) is 51.5 Å². The second-order valence-electron chi connectivity index (χ2n) is 7.94. The average Bonchev–Trinajstić information content (AvgIpc) is 2.77. The maximum atomic E-state index is 11.4. The number of nitrogens with one attached hydrogen (secondary N) is 1. The molecule has 0 aromatic heterocycles. The lowest BCUT2D eigenvalue weighted by Gasteiger charge is -2.37. The zero-order valence-electron chi connectivity index (χ0n) is 18.1. The van der Waals surface area contributed by atoms with E-state index in [1.807, 2.05) is 0 Å². The quantitative estimate of drug-likeness (QED) is 0.245. The predicted molar refractivity (Wildman–Crippen MR) is 135 cm³/mol. The Bertz CT molecular complexity index is 663. The number of amides is 1. The molecule has 0 spiro atoms. The van der Waals surface area contributed by atoms with Crippen LogP contribution in [0.15, 0.2) is 35.3 Å². The van der Waals surface area contributed by atoms with Gasteiger partial charge in [-0.15, -0.1) is 24.0 Å². The van der Waals surface area contributed by atoms with Crippen LogP contribution in [-0.2, 0) is 4.79 Å². The Labute approximate surface area is 198 Å². The highest BCUT2D eigenvalue weighted by molar-refractivity contribution is 14.0. The van der Waals surface area contributed by atoms with Crippen LogP contribution in [0, 0.1) is 5.92 Å². The number of para-hydroxylation sites is 1. The fraction of sp³-hybridized carbons (Fsp3) is 0.636. The summed E-state index contributed by atoms with van der Waals surface area (Å²) in [6.07, 6.45) is 3.00. The summed E-state index contributed by atoms with van der Waals surface area (Å²) in [5.41, 5.74) is 6.78. The molecule has 1 atom stereocenters. The van der Waals surface area contributed by atoms with Gasteiger partial charge in [0.05, 0.1) is 5.92 Å². The number of carbonyl (C=O) groups is 1. The van der Waals surface area contributed by atoms with Crippen LogP contribution in [0.25, 0.3) is 0 Å². The van der Waals surface area contributed by atoms with Crippen molar-refractivity contribution in [3.05, 3.63) is 30.3 Å². The second-order valence-corrected chi connectivity index (χ2v) is 7.94. The molecule has 2 aliphatic heterocycles. The summed E-state index contributed by atoms with van der Waals surface area (Å²) in [5.74, 6) is 0.885. The summed E-state index contributed by atoms with van der Waals surface area (Å²) < 4.78 is 0. The molecule has 2 aliphatic rings. The van der Waals surface area contributed by atoms with Crippen LogP contribution in [0.1, 0.15) is 26.2 Å². The van der Waals surface area contributed by atoms with E-state index in [-0.39, 0.29) is 35.8 Å². The molecule has 0 saturated carbocycles. The first-order valence-electron chi connectivity index (χ1n) is 11.0. The first-order valence-corrected chi connectivity index (χ1v) is 11.0. The summed E-state index contributed by atoms with van der Waals surface area (Å²) in [6, 6.07) is 10.6. The van der Waals surface area contributed by atoms with Gasteiger partial charge >= 0.3 is 0 Å². The third kappa shape index (κ3) is 7.30. The number of piperidine rings is 1. The van der Waals surface area contributed by atoms with Crippen molar-refractivity contribution >= 4 is 41.5 Å². The van der Waals surface area contributed by atoms with E-state index in [4.69, 9.17) is 10.7 Å². The van der Waals surface area contributed by atoms with E-state index in [0.29, 0.717) is 0 Å². The van der Waals surface area contributed by atoms with Gasteiger partial charge in [-0.05, 0) is 51.4 Å². The predicted octanol–water partition coefficient (Wildman–Crippen LogP) is 1.98. The summed E-state index contributed by atoms with van der Waals surface area (Å²) in [4.78, 5) is 23.5. The molecular weight excluding hydrogens is 491 g/mol. The molecule has 3 N–H and O–H groups in total. The monoisotopic (exact) mass is 528 g/mol. The number of halogens is 1. The summed E-state index contributed by atoms with van der Waals surface area (Å²) in [5, 5.41) is 3.45. The number of piperazine rings is 1. The number of hydrogen-bond donors (Lipinski definition) is 2. The van der Waals surface area contributed by atoms with Crippen LogP contribution < -0.4 is 16.0 Å². The number of nitrogens with zero attached hydrogens (tertiary/aromatic N) is 4. The van der Waals surface area contributed by atoms with Gasteiger partial charge in [0.1, 0.15) is 0 Å². The van der Waals surface area contributed by atoms with Crippen molar-refractivity contribution in [2.45, 2.75) is 26.2 Å². The number of aliphatic imine (C=N–C) groups is 1. The number of primary amides is 1. The number of guanidine groups is 1. The van der Waals surface area contributed by atoms with Crippen molar-refractivity contribution < 1.29 is 4.79 Å². The highest BCUT2D eigenvalue weighted by Crippen LogP contribution is 2.17. The average molecular weight is 528 g/mol. The highest BCUT2D eigenvalue weighted by atomic mass is 127. The molecule has 0 bridgehead atoms. The van der Waals surface area contributed by atoms with E-state index in [9.17, 15) is 4.79 Å². The third-order valence-electron chi connectivity index (χ3n) is 5.84. The molecule has 0 radical (unpaired) electrons. The smallest absolute Gasteiger partial charge is 0.221 e. The zero-order valence-corrected chi connectivity index (χ0v) is 20.5. The van der Waals surface area contributed by atoms with Gasteiger partial charge < -0.3 is 25.8 Å². The van der Waals surface area contributed by atoms with Gasteiger partial charge in [-0.25, -0.2) is 0 Å². The lowest BCUT2D eigenvalue weighted by atomic mass is 9.97. The molecule has 2 fully saturated rings.